The van der Waals surface area contributed by atoms with Gasteiger partial charge in [-0.05, 0) is 12.5 Å². The van der Waals surface area contributed by atoms with Gasteiger partial charge in [0.1, 0.15) is 0 Å². The van der Waals surface area contributed by atoms with Crippen molar-refractivity contribution in [3.63, 3.8) is 0 Å². The molecule has 1 N–H and O–H groups in total. The molecule has 0 saturated carbocycles. The summed E-state index contributed by atoms with van der Waals surface area (Å²) in [5.74, 6) is 0.351. The molecule has 0 fully saturated rings. The minimum absolute atomic E-state index is 0.0236. The Kier molecular flexibility index (Phi) is 4.75. The molecule has 0 unspecified atom stereocenters. The van der Waals surface area contributed by atoms with Crippen LogP contribution in [0.25, 0.3) is 11.1 Å². The molecule has 0 saturated heterocycles. The third-order valence-corrected chi connectivity index (χ3v) is 3.56. The van der Waals surface area contributed by atoms with Crippen molar-refractivity contribution in [2.24, 2.45) is 5.10 Å². The van der Waals surface area contributed by atoms with Crippen LogP contribution in [0.15, 0.2) is 72.1 Å². The Hall–Kier alpha value is -3.61. The van der Waals surface area contributed by atoms with Crippen molar-refractivity contribution >= 4 is 17.3 Å². The average Bonchev–Trinajstić information content (AvgIpc) is 2.67. The standard InChI is InChI=1S/C18H15N5O2/c1-13(15-8-5-9-17(10-15)23(24)25)21-22-18-19-11-16(12-20-18)14-6-3-2-4-7-14/h2-12H,1H3,(H,19,20,22). The van der Waals surface area contributed by atoms with Crippen LogP contribution in [0.4, 0.5) is 11.6 Å². The van der Waals surface area contributed by atoms with Gasteiger partial charge in [0.2, 0.25) is 5.95 Å². The van der Waals surface area contributed by atoms with Gasteiger partial charge >= 0.3 is 0 Å². The number of hydrogen-bond donors (Lipinski definition) is 1. The first kappa shape index (κ1) is 16.3. The molecule has 3 rings (SSSR count). The van der Waals surface area contributed by atoms with Crippen molar-refractivity contribution in [3.05, 3.63) is 82.7 Å². The van der Waals surface area contributed by atoms with E-state index in [-0.39, 0.29) is 5.69 Å². The Morgan fingerprint density at radius 2 is 1.76 bits per heavy atom. The number of hydrazone groups is 1. The van der Waals surface area contributed by atoms with E-state index in [1.54, 1.807) is 31.5 Å². The number of nitro groups is 1. The molecule has 2 aromatic carbocycles. The highest BCUT2D eigenvalue weighted by molar-refractivity contribution is 5.99. The number of hydrogen-bond acceptors (Lipinski definition) is 6. The summed E-state index contributed by atoms with van der Waals surface area (Å²) in [6.07, 6.45) is 3.42. The van der Waals surface area contributed by atoms with Gasteiger partial charge in [-0.1, -0.05) is 42.5 Å². The van der Waals surface area contributed by atoms with Crippen LogP contribution in [0.2, 0.25) is 0 Å². The first-order valence-electron chi connectivity index (χ1n) is 7.56. The highest BCUT2D eigenvalue weighted by Crippen LogP contribution is 2.17. The molecule has 0 atom stereocenters. The van der Waals surface area contributed by atoms with Crippen molar-refractivity contribution in [2.75, 3.05) is 5.43 Å². The highest BCUT2D eigenvalue weighted by atomic mass is 16.6. The topological polar surface area (TPSA) is 93.3 Å². The normalized spacial score (nSPS) is 11.2. The molecule has 0 aliphatic carbocycles. The fourth-order valence-corrected chi connectivity index (χ4v) is 2.21. The first-order valence-corrected chi connectivity index (χ1v) is 7.56. The Bertz CT molecular complexity index is 908. The predicted octanol–water partition coefficient (Wildman–Crippen LogP) is 3.89. The lowest BCUT2D eigenvalue weighted by Gasteiger charge is -2.04. The van der Waals surface area contributed by atoms with E-state index >= 15 is 0 Å². The van der Waals surface area contributed by atoms with Gasteiger partial charge in [-0.3, -0.25) is 10.1 Å². The van der Waals surface area contributed by atoms with E-state index in [1.807, 2.05) is 30.3 Å². The molecule has 124 valence electrons. The number of nitrogens with zero attached hydrogens (tertiary/aromatic N) is 4. The van der Waals surface area contributed by atoms with Crippen molar-refractivity contribution in [1.29, 1.82) is 0 Å². The maximum Gasteiger partial charge on any atom is 0.270 e. The zero-order valence-corrected chi connectivity index (χ0v) is 13.5. The third kappa shape index (κ3) is 4.03. The molecule has 0 bridgehead atoms. The third-order valence-electron chi connectivity index (χ3n) is 3.56. The zero-order chi connectivity index (χ0) is 17.6. The van der Waals surface area contributed by atoms with Gasteiger partial charge < -0.3 is 0 Å². The molecule has 0 aliphatic rings. The predicted molar refractivity (Wildman–Crippen MR) is 96.4 cm³/mol. The van der Waals surface area contributed by atoms with E-state index in [0.717, 1.165) is 11.1 Å². The SMILES string of the molecule is CC(=NNc1ncc(-c2ccccc2)cn1)c1cccc([N+](=O)[O-])c1. The summed E-state index contributed by atoms with van der Waals surface area (Å²) in [6.45, 7) is 1.75. The molecule has 25 heavy (non-hydrogen) atoms. The van der Waals surface area contributed by atoms with Crippen LogP contribution < -0.4 is 5.43 Å². The van der Waals surface area contributed by atoms with E-state index in [4.69, 9.17) is 0 Å². The maximum atomic E-state index is 10.8. The van der Waals surface area contributed by atoms with Gasteiger partial charge in [0.15, 0.2) is 0 Å². The molecule has 3 aromatic rings. The maximum absolute atomic E-state index is 10.8. The van der Waals surface area contributed by atoms with Crippen LogP contribution in [-0.4, -0.2) is 20.6 Å². The first-order chi connectivity index (χ1) is 12.1. The van der Waals surface area contributed by atoms with Gasteiger partial charge in [0.05, 0.1) is 10.6 Å². The van der Waals surface area contributed by atoms with E-state index < -0.39 is 4.92 Å². The van der Waals surface area contributed by atoms with E-state index in [0.29, 0.717) is 17.2 Å². The summed E-state index contributed by atoms with van der Waals surface area (Å²) < 4.78 is 0. The van der Waals surface area contributed by atoms with Crippen LogP contribution in [0.5, 0.6) is 0 Å². The lowest BCUT2D eigenvalue weighted by Crippen LogP contribution is -2.02. The fourth-order valence-electron chi connectivity index (χ4n) is 2.21. The number of non-ortho nitro benzene ring substituents is 1. The summed E-state index contributed by atoms with van der Waals surface area (Å²) in [6, 6.07) is 16.1. The molecular weight excluding hydrogens is 318 g/mol. The van der Waals surface area contributed by atoms with Crippen LogP contribution in [-0.2, 0) is 0 Å². The summed E-state index contributed by atoms with van der Waals surface area (Å²) in [7, 11) is 0. The van der Waals surface area contributed by atoms with Gasteiger partial charge in [-0.2, -0.15) is 5.10 Å². The number of nitrogens with one attached hydrogen (secondary N) is 1. The Morgan fingerprint density at radius 1 is 1.04 bits per heavy atom. The lowest BCUT2D eigenvalue weighted by atomic mass is 10.1. The molecule has 0 spiro atoms. The Morgan fingerprint density at radius 3 is 2.44 bits per heavy atom. The Labute approximate surface area is 144 Å². The highest BCUT2D eigenvalue weighted by Gasteiger charge is 2.07. The van der Waals surface area contributed by atoms with Crippen molar-refractivity contribution < 1.29 is 4.92 Å². The molecule has 7 nitrogen and oxygen atoms in total. The smallest absolute Gasteiger partial charge is 0.258 e. The van der Waals surface area contributed by atoms with Crippen LogP contribution in [0.1, 0.15) is 12.5 Å². The van der Waals surface area contributed by atoms with Crippen LogP contribution in [0.3, 0.4) is 0 Å². The van der Waals surface area contributed by atoms with Crippen molar-refractivity contribution in [2.45, 2.75) is 6.92 Å². The summed E-state index contributed by atoms with van der Waals surface area (Å²) in [4.78, 5) is 18.9. The number of aromatic nitrogens is 2. The second-order valence-corrected chi connectivity index (χ2v) is 5.28. The monoisotopic (exact) mass is 333 g/mol. The van der Waals surface area contributed by atoms with Crippen LogP contribution in [0, 0.1) is 10.1 Å². The fraction of sp³-hybridized carbons (Fsp3) is 0.0556. The van der Waals surface area contributed by atoms with Gasteiger partial charge in [0.25, 0.3) is 5.69 Å². The number of rotatable bonds is 5. The number of nitro benzene ring substituents is 1. The van der Waals surface area contributed by atoms with E-state index in [1.165, 1.54) is 12.1 Å². The summed E-state index contributed by atoms with van der Waals surface area (Å²) in [5.41, 5.74) is 5.98. The zero-order valence-electron chi connectivity index (χ0n) is 13.5. The molecule has 0 amide bonds. The van der Waals surface area contributed by atoms with Crippen molar-refractivity contribution in [3.8, 4) is 11.1 Å². The van der Waals surface area contributed by atoms with Gasteiger partial charge in [0, 0.05) is 35.7 Å². The number of benzene rings is 2. The lowest BCUT2D eigenvalue weighted by molar-refractivity contribution is -0.384. The van der Waals surface area contributed by atoms with Gasteiger partial charge in [-0.15, -0.1) is 0 Å². The molecule has 0 aliphatic heterocycles. The average molecular weight is 333 g/mol. The molecule has 1 aromatic heterocycles. The quantitative estimate of drug-likeness (QED) is 0.434. The van der Waals surface area contributed by atoms with E-state index in [2.05, 4.69) is 20.5 Å². The number of anilines is 1. The molecular formula is C18H15N5O2. The van der Waals surface area contributed by atoms with Gasteiger partial charge in [-0.25, -0.2) is 15.4 Å². The van der Waals surface area contributed by atoms with E-state index in [9.17, 15) is 10.1 Å². The molecule has 7 heteroatoms. The minimum Gasteiger partial charge on any atom is -0.258 e. The summed E-state index contributed by atoms with van der Waals surface area (Å²) >= 11 is 0. The second kappa shape index (κ2) is 7.31. The molecule has 1 heterocycles. The Balaban J connectivity index is 1.73. The van der Waals surface area contributed by atoms with Crippen molar-refractivity contribution in [1.82, 2.24) is 9.97 Å². The van der Waals surface area contributed by atoms with Crippen LogP contribution >= 0.6 is 0 Å². The largest absolute Gasteiger partial charge is 0.270 e. The summed E-state index contributed by atoms with van der Waals surface area (Å²) in [5, 5.41) is 15.0. The minimum atomic E-state index is -0.435. The second-order valence-electron chi connectivity index (χ2n) is 5.28. The molecule has 0 radical (unpaired) electrons.